The van der Waals surface area contributed by atoms with Gasteiger partial charge in [0.25, 0.3) is 0 Å². The van der Waals surface area contributed by atoms with Gasteiger partial charge < -0.3 is 4.74 Å². The molecule has 4 nitrogen and oxygen atoms in total. The number of ether oxygens (including phenoxy) is 1. The van der Waals surface area contributed by atoms with Crippen LogP contribution in [0.4, 0.5) is 0 Å². The molecule has 0 amide bonds. The van der Waals surface area contributed by atoms with E-state index in [1.807, 2.05) is 44.2 Å². The van der Waals surface area contributed by atoms with E-state index in [0.717, 1.165) is 5.56 Å². The molecule has 6 heteroatoms. The maximum Gasteiger partial charge on any atom is 0.243 e. The van der Waals surface area contributed by atoms with E-state index in [1.54, 1.807) is 24.3 Å². The SMILES string of the molecule is CC1(C)COC(c2ccccc2)CN1S(=O)(=O)c1ccc(Cl)cc1. The monoisotopic (exact) mass is 365 g/mol. The van der Waals surface area contributed by atoms with Gasteiger partial charge in [0.05, 0.1) is 23.1 Å². The summed E-state index contributed by atoms with van der Waals surface area (Å²) in [5.74, 6) is 0. The molecule has 0 radical (unpaired) electrons. The maximum absolute atomic E-state index is 13.1. The van der Waals surface area contributed by atoms with Crippen molar-refractivity contribution < 1.29 is 13.2 Å². The Balaban J connectivity index is 1.95. The van der Waals surface area contributed by atoms with Crippen LogP contribution in [0.3, 0.4) is 0 Å². The molecule has 2 aromatic carbocycles. The van der Waals surface area contributed by atoms with Gasteiger partial charge in [0.15, 0.2) is 0 Å². The number of nitrogens with zero attached hydrogens (tertiary/aromatic N) is 1. The second-order valence-electron chi connectivity index (χ2n) is 6.51. The minimum atomic E-state index is -3.63. The molecule has 0 bridgehead atoms. The van der Waals surface area contributed by atoms with Gasteiger partial charge in [-0.15, -0.1) is 0 Å². The third-order valence-corrected chi connectivity index (χ3v) is 6.56. The average molecular weight is 366 g/mol. The number of rotatable bonds is 3. The highest BCUT2D eigenvalue weighted by atomic mass is 35.5. The van der Waals surface area contributed by atoms with Gasteiger partial charge in [0.2, 0.25) is 10.0 Å². The zero-order chi connectivity index (χ0) is 17.4. The third-order valence-electron chi connectivity index (χ3n) is 4.22. The van der Waals surface area contributed by atoms with Gasteiger partial charge in [0, 0.05) is 11.6 Å². The van der Waals surface area contributed by atoms with E-state index in [0.29, 0.717) is 11.6 Å². The fourth-order valence-electron chi connectivity index (χ4n) is 2.85. The van der Waals surface area contributed by atoms with Gasteiger partial charge in [-0.1, -0.05) is 41.9 Å². The minimum Gasteiger partial charge on any atom is -0.370 e. The zero-order valence-electron chi connectivity index (χ0n) is 13.6. The third kappa shape index (κ3) is 3.35. The van der Waals surface area contributed by atoms with Crippen LogP contribution in [-0.4, -0.2) is 31.4 Å². The molecule has 128 valence electrons. The molecule has 0 aromatic heterocycles. The van der Waals surface area contributed by atoms with Crippen LogP contribution in [0.1, 0.15) is 25.5 Å². The smallest absolute Gasteiger partial charge is 0.243 e. The van der Waals surface area contributed by atoms with Gasteiger partial charge in [-0.25, -0.2) is 8.42 Å². The summed E-state index contributed by atoms with van der Waals surface area (Å²) in [5, 5.41) is 0.511. The second kappa shape index (κ2) is 6.48. The summed E-state index contributed by atoms with van der Waals surface area (Å²) < 4.78 is 33.7. The highest BCUT2D eigenvalue weighted by Crippen LogP contribution is 2.34. The lowest BCUT2D eigenvalue weighted by atomic mass is 10.0. The van der Waals surface area contributed by atoms with Crippen molar-refractivity contribution in [2.45, 2.75) is 30.4 Å². The fraction of sp³-hybridized carbons (Fsp3) is 0.333. The van der Waals surface area contributed by atoms with E-state index >= 15 is 0 Å². The van der Waals surface area contributed by atoms with Crippen molar-refractivity contribution in [1.29, 1.82) is 0 Å². The molecule has 1 atom stereocenters. The highest BCUT2D eigenvalue weighted by molar-refractivity contribution is 7.89. The van der Waals surface area contributed by atoms with Gasteiger partial charge in [-0.3, -0.25) is 0 Å². The van der Waals surface area contributed by atoms with Crippen molar-refractivity contribution in [3.63, 3.8) is 0 Å². The molecular formula is C18H20ClNO3S. The van der Waals surface area contributed by atoms with E-state index in [9.17, 15) is 8.42 Å². The number of sulfonamides is 1. The maximum atomic E-state index is 13.1. The van der Waals surface area contributed by atoms with Crippen LogP contribution in [-0.2, 0) is 14.8 Å². The highest BCUT2D eigenvalue weighted by Gasteiger charge is 2.43. The van der Waals surface area contributed by atoms with Crippen LogP contribution in [0.25, 0.3) is 0 Å². The van der Waals surface area contributed by atoms with E-state index in [4.69, 9.17) is 16.3 Å². The summed E-state index contributed by atoms with van der Waals surface area (Å²) >= 11 is 5.88. The van der Waals surface area contributed by atoms with Crippen molar-refractivity contribution in [3.05, 3.63) is 65.2 Å². The molecule has 0 N–H and O–H groups in total. The van der Waals surface area contributed by atoms with E-state index in [1.165, 1.54) is 4.31 Å². The molecule has 1 fully saturated rings. The van der Waals surface area contributed by atoms with Crippen LogP contribution in [0, 0.1) is 0 Å². The van der Waals surface area contributed by atoms with Crippen LogP contribution in [0.5, 0.6) is 0 Å². The van der Waals surface area contributed by atoms with Crippen molar-refractivity contribution in [2.75, 3.05) is 13.2 Å². The second-order valence-corrected chi connectivity index (χ2v) is 8.81. The standard InChI is InChI=1S/C18H20ClNO3S/c1-18(2)13-23-17(14-6-4-3-5-7-14)12-20(18)24(21,22)16-10-8-15(19)9-11-16/h3-11,17H,12-13H2,1-2H3. The summed E-state index contributed by atoms with van der Waals surface area (Å²) in [4.78, 5) is 0.244. The topological polar surface area (TPSA) is 46.6 Å². The Hall–Kier alpha value is -1.40. The summed E-state index contributed by atoms with van der Waals surface area (Å²) in [6, 6.07) is 16.0. The molecule has 1 heterocycles. The summed E-state index contributed by atoms with van der Waals surface area (Å²) in [5.41, 5.74) is 0.355. The molecule has 1 unspecified atom stereocenters. The molecule has 3 rings (SSSR count). The molecule has 2 aromatic rings. The van der Waals surface area contributed by atoms with Crippen LogP contribution in [0.2, 0.25) is 5.02 Å². The lowest BCUT2D eigenvalue weighted by molar-refractivity contribution is -0.0655. The molecule has 1 saturated heterocycles. The predicted octanol–water partition coefficient (Wildman–Crippen LogP) is 3.88. The fourth-order valence-corrected chi connectivity index (χ4v) is 4.75. The molecule has 24 heavy (non-hydrogen) atoms. The normalized spacial score (nSPS) is 21.5. The Morgan fingerprint density at radius 2 is 1.71 bits per heavy atom. The lowest BCUT2D eigenvalue weighted by Gasteiger charge is -2.44. The van der Waals surface area contributed by atoms with E-state index in [2.05, 4.69) is 0 Å². The molecular weight excluding hydrogens is 346 g/mol. The van der Waals surface area contributed by atoms with Gasteiger partial charge in [-0.05, 0) is 43.7 Å². The summed E-state index contributed by atoms with van der Waals surface area (Å²) in [7, 11) is -3.63. The van der Waals surface area contributed by atoms with Crippen LogP contribution < -0.4 is 0 Å². The first-order chi connectivity index (χ1) is 11.3. The molecule has 0 spiro atoms. The van der Waals surface area contributed by atoms with Gasteiger partial charge in [0.1, 0.15) is 0 Å². The van der Waals surface area contributed by atoms with E-state index < -0.39 is 15.6 Å². The summed E-state index contributed by atoms with van der Waals surface area (Å²) in [6.45, 7) is 4.37. The van der Waals surface area contributed by atoms with Crippen LogP contribution >= 0.6 is 11.6 Å². The van der Waals surface area contributed by atoms with Gasteiger partial charge >= 0.3 is 0 Å². The first kappa shape index (κ1) is 17.4. The number of hydrogen-bond donors (Lipinski definition) is 0. The van der Waals surface area contributed by atoms with Crippen molar-refractivity contribution in [3.8, 4) is 0 Å². The molecule has 0 aliphatic carbocycles. The van der Waals surface area contributed by atoms with Crippen molar-refractivity contribution >= 4 is 21.6 Å². The lowest BCUT2D eigenvalue weighted by Crippen LogP contribution is -2.56. The number of morpholine rings is 1. The van der Waals surface area contributed by atoms with Crippen LogP contribution in [0.15, 0.2) is 59.5 Å². The molecule has 1 aliphatic heterocycles. The van der Waals surface area contributed by atoms with Gasteiger partial charge in [-0.2, -0.15) is 4.31 Å². The summed E-state index contributed by atoms with van der Waals surface area (Å²) in [6.07, 6.45) is -0.277. The number of halogens is 1. The van der Waals surface area contributed by atoms with Crippen molar-refractivity contribution in [2.24, 2.45) is 0 Å². The predicted molar refractivity (Wildman–Crippen MR) is 94.6 cm³/mol. The Morgan fingerprint density at radius 3 is 2.33 bits per heavy atom. The number of benzene rings is 2. The molecule has 0 saturated carbocycles. The quantitative estimate of drug-likeness (QED) is 0.829. The zero-order valence-corrected chi connectivity index (χ0v) is 15.2. The minimum absolute atomic E-state index is 0.244. The Labute approximate surface area is 148 Å². The Kier molecular flexibility index (Phi) is 4.71. The largest absolute Gasteiger partial charge is 0.370 e. The molecule has 1 aliphatic rings. The first-order valence-electron chi connectivity index (χ1n) is 7.76. The Bertz CT molecular complexity index is 804. The van der Waals surface area contributed by atoms with E-state index in [-0.39, 0.29) is 17.5 Å². The first-order valence-corrected chi connectivity index (χ1v) is 9.57. The average Bonchev–Trinajstić information content (AvgIpc) is 2.55. The van der Waals surface area contributed by atoms with Crippen molar-refractivity contribution in [1.82, 2.24) is 4.31 Å². The Morgan fingerprint density at radius 1 is 1.08 bits per heavy atom. The number of hydrogen-bond acceptors (Lipinski definition) is 3.